The lowest BCUT2D eigenvalue weighted by molar-refractivity contribution is 0.102. The second kappa shape index (κ2) is 9.26. The number of rotatable bonds is 5. The van der Waals surface area contributed by atoms with Gasteiger partial charge in [0, 0.05) is 29.3 Å². The Morgan fingerprint density at radius 1 is 1.12 bits per heavy atom. The first-order chi connectivity index (χ1) is 15.5. The highest BCUT2D eigenvalue weighted by molar-refractivity contribution is 6.05. The largest absolute Gasteiger partial charge is 0.507 e. The SMILES string of the molecule is CCNC(=O)n1nc(-c2cc(NC(=O)c3ccccc3C)ccc2O)cc1C1CCCC1. The maximum atomic E-state index is 12.7. The Hall–Kier alpha value is -3.61. The predicted molar refractivity (Wildman–Crippen MR) is 124 cm³/mol. The lowest BCUT2D eigenvalue weighted by Gasteiger charge is -2.11. The Labute approximate surface area is 187 Å². The highest BCUT2D eigenvalue weighted by Gasteiger charge is 2.26. The number of anilines is 1. The summed E-state index contributed by atoms with van der Waals surface area (Å²) in [6.07, 6.45) is 4.30. The Morgan fingerprint density at radius 2 is 1.88 bits per heavy atom. The molecule has 0 atom stereocenters. The van der Waals surface area contributed by atoms with Gasteiger partial charge in [0.1, 0.15) is 5.75 Å². The molecular weight excluding hydrogens is 404 g/mol. The topological polar surface area (TPSA) is 96.3 Å². The van der Waals surface area contributed by atoms with Gasteiger partial charge in [-0.3, -0.25) is 4.79 Å². The summed E-state index contributed by atoms with van der Waals surface area (Å²) >= 11 is 0. The molecule has 7 heteroatoms. The first-order valence-corrected chi connectivity index (χ1v) is 11.1. The van der Waals surface area contributed by atoms with Crippen molar-refractivity contribution in [2.75, 3.05) is 11.9 Å². The molecule has 7 nitrogen and oxygen atoms in total. The third kappa shape index (κ3) is 4.37. The molecule has 32 heavy (non-hydrogen) atoms. The van der Waals surface area contributed by atoms with E-state index in [0.717, 1.165) is 36.9 Å². The van der Waals surface area contributed by atoms with Gasteiger partial charge in [0.2, 0.25) is 0 Å². The van der Waals surface area contributed by atoms with Crippen molar-refractivity contribution in [3.63, 3.8) is 0 Å². The maximum absolute atomic E-state index is 12.7. The molecule has 166 valence electrons. The van der Waals surface area contributed by atoms with Gasteiger partial charge in [0.05, 0.1) is 11.4 Å². The van der Waals surface area contributed by atoms with E-state index in [1.54, 1.807) is 18.2 Å². The zero-order chi connectivity index (χ0) is 22.7. The van der Waals surface area contributed by atoms with Gasteiger partial charge in [-0.1, -0.05) is 31.0 Å². The van der Waals surface area contributed by atoms with Crippen LogP contribution in [0.1, 0.15) is 60.1 Å². The van der Waals surface area contributed by atoms with Crippen LogP contribution in [0.3, 0.4) is 0 Å². The summed E-state index contributed by atoms with van der Waals surface area (Å²) in [6.45, 7) is 4.25. The monoisotopic (exact) mass is 432 g/mol. The summed E-state index contributed by atoms with van der Waals surface area (Å²) in [7, 11) is 0. The van der Waals surface area contributed by atoms with Gasteiger partial charge >= 0.3 is 6.03 Å². The van der Waals surface area contributed by atoms with Crippen molar-refractivity contribution in [1.29, 1.82) is 0 Å². The molecule has 0 aliphatic heterocycles. The van der Waals surface area contributed by atoms with E-state index in [2.05, 4.69) is 15.7 Å². The third-order valence-corrected chi connectivity index (χ3v) is 5.95. The first-order valence-electron chi connectivity index (χ1n) is 11.1. The van der Waals surface area contributed by atoms with Crippen molar-refractivity contribution in [2.45, 2.75) is 45.4 Å². The molecule has 1 aliphatic rings. The van der Waals surface area contributed by atoms with Gasteiger partial charge in [-0.15, -0.1) is 0 Å². The van der Waals surface area contributed by atoms with Crippen molar-refractivity contribution in [3.8, 4) is 17.0 Å². The average Bonchev–Trinajstić information content (AvgIpc) is 3.45. The second-order valence-corrected chi connectivity index (χ2v) is 8.18. The molecule has 1 saturated carbocycles. The zero-order valence-electron chi connectivity index (χ0n) is 18.4. The van der Waals surface area contributed by atoms with Crippen LogP contribution in [0.5, 0.6) is 5.75 Å². The Bertz CT molecular complexity index is 1150. The normalized spacial score (nSPS) is 13.8. The molecule has 1 aromatic heterocycles. The smallest absolute Gasteiger partial charge is 0.342 e. The minimum absolute atomic E-state index is 0.0393. The second-order valence-electron chi connectivity index (χ2n) is 8.18. The van der Waals surface area contributed by atoms with Crippen molar-refractivity contribution in [1.82, 2.24) is 15.1 Å². The standard InChI is InChI=1S/C25H28N4O3/c1-3-26-25(32)29-22(17-9-5-6-10-17)15-21(28-29)20-14-18(12-13-23(20)30)27-24(31)19-11-7-4-8-16(19)2/h4,7-8,11-15,17,30H,3,5-6,9-10H2,1-2H3,(H,26,32)(H,27,31). The number of hydrogen-bond donors (Lipinski definition) is 3. The highest BCUT2D eigenvalue weighted by atomic mass is 16.3. The third-order valence-electron chi connectivity index (χ3n) is 5.95. The van der Waals surface area contributed by atoms with Gasteiger partial charge in [-0.25, -0.2) is 4.79 Å². The predicted octanol–water partition coefficient (Wildman–Crippen LogP) is 5.05. The van der Waals surface area contributed by atoms with Crippen LogP contribution in [0.25, 0.3) is 11.3 Å². The molecule has 4 rings (SSSR count). The number of aromatic nitrogens is 2. The summed E-state index contributed by atoms with van der Waals surface area (Å²) in [6, 6.07) is 13.8. The van der Waals surface area contributed by atoms with Crippen LogP contribution in [-0.4, -0.2) is 33.4 Å². The van der Waals surface area contributed by atoms with Gasteiger partial charge in [-0.05, 0) is 62.6 Å². The molecule has 3 N–H and O–H groups in total. The highest BCUT2D eigenvalue weighted by Crippen LogP contribution is 2.38. The van der Waals surface area contributed by atoms with E-state index in [-0.39, 0.29) is 23.6 Å². The number of phenolic OH excluding ortho intramolecular Hbond substituents is 1. The number of benzene rings is 2. The molecule has 0 spiro atoms. The zero-order valence-corrected chi connectivity index (χ0v) is 18.4. The molecule has 0 radical (unpaired) electrons. The van der Waals surface area contributed by atoms with E-state index in [4.69, 9.17) is 0 Å². The van der Waals surface area contributed by atoms with E-state index in [1.165, 1.54) is 10.7 Å². The van der Waals surface area contributed by atoms with Crippen LogP contribution in [0, 0.1) is 6.92 Å². The molecule has 1 heterocycles. The first kappa shape index (κ1) is 21.6. The number of aryl methyl sites for hydroxylation is 1. The van der Waals surface area contributed by atoms with Crippen LogP contribution in [-0.2, 0) is 0 Å². The van der Waals surface area contributed by atoms with Crippen molar-refractivity contribution in [2.24, 2.45) is 0 Å². The molecule has 0 unspecified atom stereocenters. The lowest BCUT2D eigenvalue weighted by Crippen LogP contribution is -2.30. The number of nitrogens with one attached hydrogen (secondary N) is 2. The molecule has 3 aromatic rings. The number of carbonyl (C=O) groups excluding carboxylic acids is 2. The van der Waals surface area contributed by atoms with E-state index in [1.807, 2.05) is 38.1 Å². The number of hydrogen-bond acceptors (Lipinski definition) is 4. The number of amides is 2. The fourth-order valence-corrected chi connectivity index (χ4v) is 4.27. The van der Waals surface area contributed by atoms with Crippen molar-refractivity contribution in [3.05, 3.63) is 65.4 Å². The molecule has 2 amide bonds. The van der Waals surface area contributed by atoms with Crippen LogP contribution in [0.15, 0.2) is 48.5 Å². The van der Waals surface area contributed by atoms with Crippen LogP contribution < -0.4 is 10.6 Å². The number of phenols is 1. The van der Waals surface area contributed by atoms with Crippen molar-refractivity contribution < 1.29 is 14.7 Å². The summed E-state index contributed by atoms with van der Waals surface area (Å²) in [5.74, 6) is 0.0848. The minimum atomic E-state index is -0.274. The lowest BCUT2D eigenvalue weighted by atomic mass is 10.0. The number of nitrogens with zero attached hydrogens (tertiary/aromatic N) is 2. The summed E-state index contributed by atoms with van der Waals surface area (Å²) < 4.78 is 1.42. The molecule has 0 saturated heterocycles. The fourth-order valence-electron chi connectivity index (χ4n) is 4.27. The number of carbonyl (C=O) groups is 2. The number of aromatic hydroxyl groups is 1. The van der Waals surface area contributed by atoms with E-state index in [0.29, 0.717) is 29.1 Å². The fraction of sp³-hybridized carbons (Fsp3) is 0.320. The maximum Gasteiger partial charge on any atom is 0.342 e. The summed E-state index contributed by atoms with van der Waals surface area (Å²) in [4.78, 5) is 25.3. The Balaban J connectivity index is 1.67. The van der Waals surface area contributed by atoms with Gasteiger partial charge in [0.15, 0.2) is 0 Å². The summed E-state index contributed by atoms with van der Waals surface area (Å²) in [5, 5.41) is 20.8. The van der Waals surface area contributed by atoms with Gasteiger partial charge in [0.25, 0.3) is 5.91 Å². The van der Waals surface area contributed by atoms with Crippen LogP contribution in [0.2, 0.25) is 0 Å². The Kier molecular flexibility index (Phi) is 6.25. The van der Waals surface area contributed by atoms with Crippen LogP contribution >= 0.6 is 0 Å². The molecule has 1 aliphatic carbocycles. The molecular formula is C25H28N4O3. The van der Waals surface area contributed by atoms with Gasteiger partial charge in [-0.2, -0.15) is 9.78 Å². The molecule has 1 fully saturated rings. The molecule has 2 aromatic carbocycles. The minimum Gasteiger partial charge on any atom is -0.507 e. The van der Waals surface area contributed by atoms with E-state index >= 15 is 0 Å². The quantitative estimate of drug-likeness (QED) is 0.492. The molecule has 0 bridgehead atoms. The van der Waals surface area contributed by atoms with Crippen molar-refractivity contribution >= 4 is 17.6 Å². The van der Waals surface area contributed by atoms with Gasteiger partial charge < -0.3 is 15.7 Å². The van der Waals surface area contributed by atoms with Crippen LogP contribution in [0.4, 0.5) is 10.5 Å². The van der Waals surface area contributed by atoms with E-state index in [9.17, 15) is 14.7 Å². The average molecular weight is 433 g/mol. The Morgan fingerprint density at radius 3 is 2.59 bits per heavy atom. The van der Waals surface area contributed by atoms with E-state index < -0.39 is 0 Å². The summed E-state index contributed by atoms with van der Waals surface area (Å²) in [5.41, 5.74) is 3.84.